The van der Waals surface area contributed by atoms with Gasteiger partial charge in [0.2, 0.25) is 11.8 Å². The van der Waals surface area contributed by atoms with Gasteiger partial charge in [0.1, 0.15) is 24.2 Å². The quantitative estimate of drug-likeness (QED) is 0.0597. The van der Waals surface area contributed by atoms with E-state index in [4.69, 9.17) is 22.9 Å². The predicted molar refractivity (Wildman–Crippen MR) is 165 cm³/mol. The highest BCUT2D eigenvalue weighted by atomic mass is 16.4. The molecular weight excluding hydrogens is 568 g/mol. The molecule has 3 amide bonds. The second kappa shape index (κ2) is 16.9. The van der Waals surface area contributed by atoms with Crippen molar-refractivity contribution in [2.75, 3.05) is 13.1 Å². The zero-order chi connectivity index (χ0) is 32.2. The molecule has 14 heteroatoms. The van der Waals surface area contributed by atoms with Crippen molar-refractivity contribution in [3.63, 3.8) is 0 Å². The highest BCUT2D eigenvalue weighted by Gasteiger charge is 2.49. The molecular formula is C30H48N8O6. The number of carboxylic acids is 1. The van der Waals surface area contributed by atoms with Crippen LogP contribution in [-0.2, 0) is 25.6 Å². The van der Waals surface area contributed by atoms with Crippen molar-refractivity contribution in [1.29, 1.82) is 0 Å². The molecule has 12 N–H and O–H groups in total. The van der Waals surface area contributed by atoms with Gasteiger partial charge in [-0.05, 0) is 82.2 Å². The van der Waals surface area contributed by atoms with Gasteiger partial charge in [0, 0.05) is 18.6 Å². The topological polar surface area (TPSA) is 252 Å². The standard InChI is InChI=1S/C30H48N8O6/c31-15-5-4-9-22(36-27(41)25(39)21(32)17-18-7-2-1-3-8-18)28(42)38-20-13-11-19(12-14-20)24(38)26(40)37-23(29(43)44)10-6-16-35-30(33)34/h1-3,7-8,19-25,39H,4-6,9-17,31-32H2,(H,36,41)(H,37,40)(H,43,44)(H4,33,34,35)/t19?,20?,21-,22+,23+,24+,25+/m1/s1. The van der Waals surface area contributed by atoms with Gasteiger partial charge in [-0.1, -0.05) is 30.3 Å². The number of carbonyl (C=O) groups excluding carboxylic acids is 3. The summed E-state index contributed by atoms with van der Waals surface area (Å²) in [5.41, 5.74) is 23.4. The second-order valence-electron chi connectivity index (χ2n) is 11.8. The number of aliphatic imine (C=N–C) groups is 1. The molecule has 5 atom stereocenters. The summed E-state index contributed by atoms with van der Waals surface area (Å²) in [7, 11) is 0. The molecule has 244 valence electrons. The minimum absolute atomic E-state index is 0.103. The number of nitrogens with one attached hydrogen (secondary N) is 2. The Labute approximate surface area is 258 Å². The molecule has 0 spiro atoms. The minimum Gasteiger partial charge on any atom is -0.480 e. The largest absolute Gasteiger partial charge is 0.480 e. The number of nitrogens with zero attached hydrogens (tertiary/aromatic N) is 2. The molecule has 2 heterocycles. The van der Waals surface area contributed by atoms with Gasteiger partial charge < -0.3 is 48.7 Å². The average molecular weight is 617 g/mol. The van der Waals surface area contributed by atoms with Crippen LogP contribution in [0.5, 0.6) is 0 Å². The summed E-state index contributed by atoms with van der Waals surface area (Å²) in [6, 6.07) is 5.01. The Balaban J connectivity index is 1.76. The van der Waals surface area contributed by atoms with E-state index in [9.17, 15) is 29.4 Å². The second-order valence-corrected chi connectivity index (χ2v) is 11.8. The lowest BCUT2D eigenvalue weighted by Gasteiger charge is -2.51. The molecule has 1 aromatic rings. The first kappa shape index (κ1) is 34.7. The van der Waals surface area contributed by atoms with Crippen LogP contribution in [0.25, 0.3) is 0 Å². The van der Waals surface area contributed by atoms with Crippen molar-refractivity contribution >= 4 is 29.7 Å². The van der Waals surface area contributed by atoms with Crippen LogP contribution in [0.1, 0.15) is 63.4 Å². The number of fused-ring (bicyclic) bond motifs is 3. The van der Waals surface area contributed by atoms with Crippen molar-refractivity contribution < 1.29 is 29.4 Å². The third kappa shape index (κ3) is 9.63. The summed E-state index contributed by atoms with van der Waals surface area (Å²) in [4.78, 5) is 58.3. The number of amides is 3. The third-order valence-electron chi connectivity index (χ3n) is 8.51. The van der Waals surface area contributed by atoms with E-state index < -0.39 is 54.0 Å². The molecule has 1 aromatic carbocycles. The molecule has 44 heavy (non-hydrogen) atoms. The number of aliphatic hydroxyl groups is 1. The molecule has 4 rings (SSSR count). The number of nitrogens with two attached hydrogens (primary N) is 4. The smallest absolute Gasteiger partial charge is 0.326 e. The van der Waals surface area contributed by atoms with Crippen molar-refractivity contribution in [3.05, 3.63) is 35.9 Å². The van der Waals surface area contributed by atoms with E-state index in [-0.39, 0.29) is 43.7 Å². The fourth-order valence-corrected chi connectivity index (χ4v) is 6.20. The Hall–Kier alpha value is -3.75. The molecule has 0 unspecified atom stereocenters. The molecule has 0 aromatic heterocycles. The first-order valence-corrected chi connectivity index (χ1v) is 15.4. The molecule has 3 fully saturated rings. The number of rotatable bonds is 17. The van der Waals surface area contributed by atoms with Crippen LogP contribution in [0, 0.1) is 5.92 Å². The Morgan fingerprint density at radius 1 is 0.955 bits per heavy atom. The van der Waals surface area contributed by atoms with Gasteiger partial charge >= 0.3 is 5.97 Å². The summed E-state index contributed by atoms with van der Waals surface area (Å²) in [6.07, 6.45) is 3.41. The first-order valence-electron chi connectivity index (χ1n) is 15.4. The molecule has 1 saturated carbocycles. The third-order valence-corrected chi connectivity index (χ3v) is 8.51. The maximum Gasteiger partial charge on any atom is 0.326 e. The summed E-state index contributed by atoms with van der Waals surface area (Å²) >= 11 is 0. The van der Waals surface area contributed by atoms with E-state index in [2.05, 4.69) is 15.6 Å². The predicted octanol–water partition coefficient (Wildman–Crippen LogP) is -1.08. The zero-order valence-corrected chi connectivity index (χ0v) is 25.1. The van der Waals surface area contributed by atoms with Crippen molar-refractivity contribution in [3.8, 4) is 0 Å². The van der Waals surface area contributed by atoms with Gasteiger partial charge in [0.15, 0.2) is 5.96 Å². The Morgan fingerprint density at radius 2 is 1.61 bits per heavy atom. The molecule has 14 nitrogen and oxygen atoms in total. The highest BCUT2D eigenvalue weighted by molar-refractivity contribution is 5.94. The van der Waals surface area contributed by atoms with Gasteiger partial charge in [0.05, 0.1) is 0 Å². The molecule has 1 aliphatic carbocycles. The number of guanidine groups is 1. The number of hydrogen-bond acceptors (Lipinski definition) is 8. The fraction of sp³-hybridized carbons (Fsp3) is 0.633. The molecule has 2 saturated heterocycles. The van der Waals surface area contributed by atoms with Gasteiger partial charge in [0.25, 0.3) is 5.91 Å². The van der Waals surface area contributed by atoms with Crippen LogP contribution in [-0.4, -0.2) is 94.2 Å². The van der Waals surface area contributed by atoms with E-state index in [1.165, 1.54) is 4.90 Å². The molecule has 3 aliphatic rings. The van der Waals surface area contributed by atoms with Gasteiger partial charge in [-0.15, -0.1) is 0 Å². The van der Waals surface area contributed by atoms with Crippen molar-refractivity contribution in [1.82, 2.24) is 15.5 Å². The summed E-state index contributed by atoms with van der Waals surface area (Å²) in [5, 5.41) is 25.8. The molecule has 2 bridgehead atoms. The number of carbonyl (C=O) groups is 4. The maximum atomic E-state index is 14.1. The summed E-state index contributed by atoms with van der Waals surface area (Å²) in [5.74, 6) is -3.20. The normalized spacial score (nSPS) is 21.9. The lowest BCUT2D eigenvalue weighted by Crippen LogP contribution is -2.67. The van der Waals surface area contributed by atoms with Gasteiger partial charge in [-0.25, -0.2) is 4.79 Å². The highest BCUT2D eigenvalue weighted by Crippen LogP contribution is 2.40. The maximum absolute atomic E-state index is 14.1. The number of piperidine rings is 2. The van der Waals surface area contributed by atoms with E-state index >= 15 is 0 Å². The van der Waals surface area contributed by atoms with Crippen LogP contribution in [0.15, 0.2) is 35.3 Å². The lowest BCUT2D eigenvalue weighted by atomic mass is 9.73. The number of unbranched alkanes of at least 4 members (excludes halogenated alkanes) is 1. The first-order chi connectivity index (χ1) is 21.0. The van der Waals surface area contributed by atoms with Crippen molar-refractivity contribution in [2.45, 2.75) is 101 Å². The van der Waals surface area contributed by atoms with Crippen LogP contribution < -0.4 is 33.6 Å². The SMILES string of the molecule is NCCCC[C@H](NC(=O)[C@@H](O)[C@H](N)Cc1ccccc1)C(=O)N1C2CCC(CC2)[C@H]1C(=O)N[C@@H](CCCN=C(N)N)C(=O)O. The molecule has 2 aliphatic heterocycles. The summed E-state index contributed by atoms with van der Waals surface area (Å²) in [6.45, 7) is 0.615. The number of benzene rings is 1. The van der Waals surface area contributed by atoms with Crippen LogP contribution in [0.4, 0.5) is 0 Å². The van der Waals surface area contributed by atoms with Crippen molar-refractivity contribution in [2.24, 2.45) is 33.8 Å². The van der Waals surface area contributed by atoms with Crippen LogP contribution >= 0.6 is 0 Å². The number of aliphatic carboxylic acids is 1. The van der Waals surface area contributed by atoms with E-state index in [0.717, 1.165) is 18.4 Å². The van der Waals surface area contributed by atoms with E-state index in [1.807, 2.05) is 30.3 Å². The zero-order valence-electron chi connectivity index (χ0n) is 25.1. The molecule has 0 radical (unpaired) electrons. The van der Waals surface area contributed by atoms with Gasteiger partial charge in [-0.3, -0.25) is 19.4 Å². The Kier molecular flexibility index (Phi) is 13.4. The average Bonchev–Trinajstić information content (AvgIpc) is 3.01. The monoisotopic (exact) mass is 616 g/mol. The van der Waals surface area contributed by atoms with Crippen LogP contribution in [0.2, 0.25) is 0 Å². The van der Waals surface area contributed by atoms with E-state index in [1.54, 1.807) is 0 Å². The fourth-order valence-electron chi connectivity index (χ4n) is 6.20. The number of hydrogen-bond donors (Lipinski definition) is 8. The summed E-state index contributed by atoms with van der Waals surface area (Å²) < 4.78 is 0. The number of aliphatic hydroxyl groups excluding tert-OH is 1. The lowest BCUT2D eigenvalue weighted by molar-refractivity contribution is -0.157. The van der Waals surface area contributed by atoms with E-state index in [0.29, 0.717) is 38.6 Å². The van der Waals surface area contributed by atoms with Crippen LogP contribution in [0.3, 0.4) is 0 Å². The minimum atomic E-state index is -1.56. The Bertz CT molecular complexity index is 1140. The Morgan fingerprint density at radius 3 is 2.23 bits per heavy atom. The van der Waals surface area contributed by atoms with Gasteiger partial charge in [-0.2, -0.15) is 0 Å². The number of carboxylic acid groups (broad SMARTS) is 1.